The summed E-state index contributed by atoms with van der Waals surface area (Å²) < 4.78 is 14.3. The molecular weight excluding hydrogens is 233 g/mol. The van der Waals surface area contributed by atoms with Gasteiger partial charge in [-0.3, -0.25) is 0 Å². The van der Waals surface area contributed by atoms with E-state index in [9.17, 15) is 4.39 Å². The van der Waals surface area contributed by atoms with Gasteiger partial charge in [0.2, 0.25) is 0 Å². The minimum Gasteiger partial charge on any atom is -0.327 e. The van der Waals surface area contributed by atoms with Crippen molar-refractivity contribution in [1.82, 2.24) is 0 Å². The first-order valence-electron chi connectivity index (χ1n) is 4.39. The first-order chi connectivity index (χ1) is 6.18. The third-order valence-corrected chi connectivity index (χ3v) is 3.18. The van der Waals surface area contributed by atoms with Gasteiger partial charge in [0.1, 0.15) is 5.82 Å². The molecular formula is C10H11BrFN. The van der Waals surface area contributed by atoms with Crippen LogP contribution < -0.4 is 5.73 Å². The Labute approximate surface area is 85.3 Å². The quantitative estimate of drug-likeness (QED) is 0.807. The number of rotatable bonds is 1. The average Bonchev–Trinajstić information content (AvgIpc) is 2.09. The van der Waals surface area contributed by atoms with E-state index in [4.69, 9.17) is 5.73 Å². The molecule has 0 aromatic heterocycles. The Kier molecular flexibility index (Phi) is 2.39. The van der Waals surface area contributed by atoms with Gasteiger partial charge in [-0.05, 0) is 36.6 Å². The number of hydrogen-bond acceptors (Lipinski definition) is 1. The van der Waals surface area contributed by atoms with Crippen molar-refractivity contribution in [3.8, 4) is 0 Å². The van der Waals surface area contributed by atoms with E-state index in [1.165, 1.54) is 6.07 Å². The van der Waals surface area contributed by atoms with Gasteiger partial charge in [0.15, 0.2) is 0 Å². The second-order valence-corrected chi connectivity index (χ2v) is 4.43. The van der Waals surface area contributed by atoms with Crippen molar-refractivity contribution in [2.24, 2.45) is 5.73 Å². The molecule has 1 aliphatic rings. The summed E-state index contributed by atoms with van der Waals surface area (Å²) in [5.74, 6) is 0.0841. The van der Waals surface area contributed by atoms with Crippen molar-refractivity contribution in [1.29, 1.82) is 0 Å². The Morgan fingerprint density at radius 3 is 2.69 bits per heavy atom. The molecule has 1 aromatic carbocycles. The predicted octanol–water partition coefficient (Wildman–Crippen LogP) is 2.79. The molecule has 0 spiro atoms. The first-order valence-corrected chi connectivity index (χ1v) is 5.18. The fourth-order valence-electron chi connectivity index (χ4n) is 1.71. The standard InChI is InChI=1S/C10H11BrFN/c11-6-1-3-9(12)8(5-6)7-2-4-10(7)13/h1,3,5,7,10H,2,4,13H2. The van der Waals surface area contributed by atoms with Crippen molar-refractivity contribution in [2.75, 3.05) is 0 Å². The van der Waals surface area contributed by atoms with Gasteiger partial charge < -0.3 is 5.73 Å². The van der Waals surface area contributed by atoms with E-state index < -0.39 is 0 Å². The van der Waals surface area contributed by atoms with Crippen LogP contribution in [-0.4, -0.2) is 6.04 Å². The van der Waals surface area contributed by atoms with Crippen molar-refractivity contribution < 1.29 is 4.39 Å². The van der Waals surface area contributed by atoms with Gasteiger partial charge >= 0.3 is 0 Å². The van der Waals surface area contributed by atoms with Crippen molar-refractivity contribution in [3.63, 3.8) is 0 Å². The molecule has 13 heavy (non-hydrogen) atoms. The maximum atomic E-state index is 13.3. The smallest absolute Gasteiger partial charge is 0.126 e. The van der Waals surface area contributed by atoms with Crippen LogP contribution in [0.15, 0.2) is 22.7 Å². The van der Waals surface area contributed by atoms with Gasteiger partial charge in [0.05, 0.1) is 0 Å². The van der Waals surface area contributed by atoms with Gasteiger partial charge in [0, 0.05) is 16.4 Å². The van der Waals surface area contributed by atoms with E-state index in [2.05, 4.69) is 15.9 Å². The average molecular weight is 244 g/mol. The molecule has 0 heterocycles. The molecule has 70 valence electrons. The van der Waals surface area contributed by atoms with E-state index in [1.807, 2.05) is 6.07 Å². The zero-order chi connectivity index (χ0) is 9.42. The summed E-state index contributed by atoms with van der Waals surface area (Å²) in [7, 11) is 0. The van der Waals surface area contributed by atoms with Gasteiger partial charge in [-0.2, -0.15) is 0 Å². The minimum absolute atomic E-state index is 0.136. The van der Waals surface area contributed by atoms with Gasteiger partial charge in [0.25, 0.3) is 0 Å². The fraction of sp³-hybridized carbons (Fsp3) is 0.400. The number of benzene rings is 1. The van der Waals surface area contributed by atoms with Crippen LogP contribution >= 0.6 is 15.9 Å². The van der Waals surface area contributed by atoms with E-state index in [0.717, 1.165) is 22.9 Å². The highest BCUT2D eigenvalue weighted by molar-refractivity contribution is 9.10. The van der Waals surface area contributed by atoms with Crippen molar-refractivity contribution >= 4 is 15.9 Å². The lowest BCUT2D eigenvalue weighted by Gasteiger charge is -2.34. The normalized spacial score (nSPS) is 27.0. The largest absolute Gasteiger partial charge is 0.327 e. The molecule has 0 radical (unpaired) electrons. The van der Waals surface area contributed by atoms with Crippen LogP contribution in [0.2, 0.25) is 0 Å². The molecule has 2 unspecified atom stereocenters. The third-order valence-electron chi connectivity index (χ3n) is 2.69. The van der Waals surface area contributed by atoms with E-state index in [-0.39, 0.29) is 17.8 Å². The van der Waals surface area contributed by atoms with Gasteiger partial charge in [-0.25, -0.2) is 4.39 Å². The molecule has 0 amide bonds. The summed E-state index contributed by atoms with van der Waals surface area (Å²) in [5.41, 5.74) is 6.55. The van der Waals surface area contributed by atoms with Crippen LogP contribution in [0.25, 0.3) is 0 Å². The first kappa shape index (κ1) is 9.16. The van der Waals surface area contributed by atoms with E-state index >= 15 is 0 Å². The van der Waals surface area contributed by atoms with Crippen molar-refractivity contribution in [3.05, 3.63) is 34.1 Å². The molecule has 1 fully saturated rings. The summed E-state index contributed by atoms with van der Waals surface area (Å²) in [4.78, 5) is 0. The fourth-order valence-corrected chi connectivity index (χ4v) is 2.09. The Hall–Kier alpha value is -0.410. The monoisotopic (exact) mass is 243 g/mol. The molecule has 0 aliphatic heterocycles. The summed E-state index contributed by atoms with van der Waals surface area (Å²) >= 11 is 3.33. The molecule has 1 saturated carbocycles. The lowest BCUT2D eigenvalue weighted by atomic mass is 9.75. The number of hydrogen-bond donors (Lipinski definition) is 1. The Morgan fingerprint density at radius 1 is 1.38 bits per heavy atom. The Balaban J connectivity index is 2.33. The summed E-state index contributed by atoms with van der Waals surface area (Å²) in [5, 5.41) is 0. The lowest BCUT2D eigenvalue weighted by molar-refractivity contribution is 0.337. The maximum Gasteiger partial charge on any atom is 0.126 e. The van der Waals surface area contributed by atoms with Crippen LogP contribution in [0.4, 0.5) is 4.39 Å². The van der Waals surface area contributed by atoms with Crippen LogP contribution in [-0.2, 0) is 0 Å². The SMILES string of the molecule is NC1CCC1c1cc(Br)ccc1F. The summed E-state index contributed by atoms with van der Waals surface area (Å²) in [6.45, 7) is 0. The lowest BCUT2D eigenvalue weighted by Crippen LogP contribution is -2.37. The molecule has 0 bridgehead atoms. The maximum absolute atomic E-state index is 13.3. The highest BCUT2D eigenvalue weighted by Crippen LogP contribution is 2.37. The van der Waals surface area contributed by atoms with Gasteiger partial charge in [-0.1, -0.05) is 15.9 Å². The highest BCUT2D eigenvalue weighted by Gasteiger charge is 2.30. The number of nitrogens with two attached hydrogens (primary N) is 1. The Morgan fingerprint density at radius 2 is 2.15 bits per heavy atom. The molecule has 2 rings (SSSR count). The third kappa shape index (κ3) is 1.63. The highest BCUT2D eigenvalue weighted by atomic mass is 79.9. The zero-order valence-corrected chi connectivity index (χ0v) is 8.72. The molecule has 3 heteroatoms. The molecule has 0 saturated heterocycles. The molecule has 2 atom stereocenters. The van der Waals surface area contributed by atoms with E-state index in [1.54, 1.807) is 6.07 Å². The van der Waals surface area contributed by atoms with Crippen LogP contribution in [0.5, 0.6) is 0 Å². The van der Waals surface area contributed by atoms with Crippen LogP contribution in [0.1, 0.15) is 24.3 Å². The second-order valence-electron chi connectivity index (χ2n) is 3.51. The van der Waals surface area contributed by atoms with E-state index in [0.29, 0.717) is 0 Å². The summed E-state index contributed by atoms with van der Waals surface area (Å²) in [6, 6.07) is 5.18. The minimum atomic E-state index is -0.136. The van der Waals surface area contributed by atoms with Gasteiger partial charge in [-0.15, -0.1) is 0 Å². The Bertz CT molecular complexity index is 327. The molecule has 1 nitrogen and oxygen atoms in total. The topological polar surface area (TPSA) is 26.0 Å². The predicted molar refractivity (Wildman–Crippen MR) is 54.1 cm³/mol. The zero-order valence-electron chi connectivity index (χ0n) is 7.13. The van der Waals surface area contributed by atoms with Crippen LogP contribution in [0.3, 0.4) is 0 Å². The second kappa shape index (κ2) is 3.39. The summed E-state index contributed by atoms with van der Waals surface area (Å²) in [6.07, 6.45) is 2.02. The van der Waals surface area contributed by atoms with Crippen molar-refractivity contribution in [2.45, 2.75) is 24.8 Å². The molecule has 2 N–H and O–H groups in total. The molecule has 1 aliphatic carbocycles. The van der Waals surface area contributed by atoms with Crippen LogP contribution in [0, 0.1) is 5.82 Å². The molecule has 1 aromatic rings. The number of halogens is 2.